The zero-order valence-corrected chi connectivity index (χ0v) is 11.9. The molecule has 0 aliphatic heterocycles. The van der Waals surface area contributed by atoms with Crippen molar-refractivity contribution in [1.82, 2.24) is 0 Å². The van der Waals surface area contributed by atoms with E-state index in [1.807, 2.05) is 20.8 Å². The quantitative estimate of drug-likeness (QED) is 0.566. The van der Waals surface area contributed by atoms with Gasteiger partial charge in [-0.3, -0.25) is 0 Å². The van der Waals surface area contributed by atoms with E-state index in [1.165, 1.54) is 12.1 Å². The highest BCUT2D eigenvalue weighted by atomic mass is 32.2. The van der Waals surface area contributed by atoms with Gasteiger partial charge in [0.05, 0.1) is 4.90 Å². The molecule has 0 heterocycles. The van der Waals surface area contributed by atoms with E-state index in [4.69, 9.17) is 8.92 Å². The van der Waals surface area contributed by atoms with Crippen molar-refractivity contribution in [2.24, 2.45) is 0 Å². The number of rotatable bonds is 7. The van der Waals surface area contributed by atoms with Gasteiger partial charge in [-0.25, -0.2) is 4.18 Å². The van der Waals surface area contributed by atoms with Gasteiger partial charge in [0.15, 0.2) is 6.29 Å². The Morgan fingerprint density at radius 2 is 1.78 bits per heavy atom. The van der Waals surface area contributed by atoms with E-state index in [9.17, 15) is 8.42 Å². The lowest BCUT2D eigenvalue weighted by atomic mass is 10.2. The maximum absolute atomic E-state index is 12.0. The van der Waals surface area contributed by atoms with Gasteiger partial charge < -0.3 is 4.74 Å². The van der Waals surface area contributed by atoms with Crippen molar-refractivity contribution in [3.05, 3.63) is 29.8 Å². The van der Waals surface area contributed by atoms with Crippen molar-refractivity contribution < 1.29 is 17.3 Å². The van der Waals surface area contributed by atoms with Gasteiger partial charge >= 0.3 is 0 Å². The summed E-state index contributed by atoms with van der Waals surface area (Å²) in [7, 11) is -3.74. The summed E-state index contributed by atoms with van der Waals surface area (Å²) in [6, 6.07) is 6.56. The molecule has 5 heteroatoms. The predicted octanol–water partition coefficient (Wildman–Crippen LogP) is 2.86. The lowest BCUT2D eigenvalue weighted by Crippen LogP contribution is -2.21. The first-order valence-electron chi connectivity index (χ1n) is 6.11. The molecule has 102 valence electrons. The summed E-state index contributed by atoms with van der Waals surface area (Å²) < 4.78 is 34.3. The Labute approximate surface area is 109 Å². The van der Waals surface area contributed by atoms with Crippen LogP contribution < -0.4 is 0 Å². The van der Waals surface area contributed by atoms with Gasteiger partial charge in [-0.2, -0.15) is 8.42 Å². The van der Waals surface area contributed by atoms with Crippen LogP contribution in [0, 0.1) is 6.92 Å². The van der Waals surface area contributed by atoms with Gasteiger partial charge in [0.25, 0.3) is 10.1 Å². The van der Waals surface area contributed by atoms with Gasteiger partial charge in [0.2, 0.25) is 0 Å². The van der Waals surface area contributed by atoms with E-state index >= 15 is 0 Å². The number of hydrogen-bond donors (Lipinski definition) is 0. The van der Waals surface area contributed by atoms with Crippen molar-refractivity contribution in [2.75, 3.05) is 6.61 Å². The number of ether oxygens (including phenoxy) is 1. The van der Waals surface area contributed by atoms with Gasteiger partial charge in [-0.1, -0.05) is 31.5 Å². The lowest BCUT2D eigenvalue weighted by molar-refractivity contribution is -0.0774. The number of benzene rings is 1. The van der Waals surface area contributed by atoms with Gasteiger partial charge in [-0.05, 0) is 31.9 Å². The summed E-state index contributed by atoms with van der Waals surface area (Å²) in [6.45, 7) is 6.17. The molecule has 1 atom stereocenters. The fourth-order valence-corrected chi connectivity index (χ4v) is 2.42. The summed E-state index contributed by atoms with van der Waals surface area (Å²) in [6.07, 6.45) is 0.603. The fraction of sp³-hybridized carbons (Fsp3) is 0.538. The summed E-state index contributed by atoms with van der Waals surface area (Å²) in [5, 5.41) is 0. The Kier molecular flexibility index (Phi) is 5.78. The molecule has 0 saturated heterocycles. The molecular weight excluding hydrogens is 252 g/mol. The average molecular weight is 272 g/mol. The fourth-order valence-electron chi connectivity index (χ4n) is 1.36. The normalized spacial score (nSPS) is 13.5. The Bertz CT molecular complexity index is 450. The van der Waals surface area contributed by atoms with Crippen LogP contribution in [0.15, 0.2) is 29.2 Å². The summed E-state index contributed by atoms with van der Waals surface area (Å²) in [4.78, 5) is 0.159. The van der Waals surface area contributed by atoms with E-state index in [2.05, 4.69) is 0 Å². The van der Waals surface area contributed by atoms with Gasteiger partial charge in [0, 0.05) is 6.61 Å². The third-order valence-corrected chi connectivity index (χ3v) is 3.70. The standard InChI is InChI=1S/C13H20O4S/c1-4-10-16-13(5-2)17-18(14,15)12-8-6-11(3)7-9-12/h6-9,13H,4-5,10H2,1-3H3. The minimum atomic E-state index is -3.74. The maximum Gasteiger partial charge on any atom is 0.299 e. The van der Waals surface area contributed by atoms with Crippen molar-refractivity contribution >= 4 is 10.1 Å². The Morgan fingerprint density at radius 3 is 2.28 bits per heavy atom. The highest BCUT2D eigenvalue weighted by Crippen LogP contribution is 2.16. The highest BCUT2D eigenvalue weighted by molar-refractivity contribution is 7.86. The molecule has 0 N–H and O–H groups in total. The second kappa shape index (κ2) is 6.87. The zero-order chi connectivity index (χ0) is 13.6. The van der Waals surface area contributed by atoms with Crippen LogP contribution in [0.3, 0.4) is 0 Å². The Hall–Kier alpha value is -0.910. The second-order valence-corrected chi connectivity index (χ2v) is 5.64. The first-order chi connectivity index (χ1) is 8.49. The molecular formula is C13H20O4S. The van der Waals surface area contributed by atoms with Crippen LogP contribution >= 0.6 is 0 Å². The molecule has 0 bridgehead atoms. The molecule has 1 unspecified atom stereocenters. The molecule has 0 spiro atoms. The van der Waals surface area contributed by atoms with Crippen LogP contribution in [0.4, 0.5) is 0 Å². The van der Waals surface area contributed by atoms with Crippen LogP contribution in [0.1, 0.15) is 32.3 Å². The third kappa shape index (κ3) is 4.40. The molecule has 0 fully saturated rings. The molecule has 1 rings (SSSR count). The largest absolute Gasteiger partial charge is 0.351 e. The van der Waals surface area contributed by atoms with Crippen LogP contribution in [-0.4, -0.2) is 21.3 Å². The highest BCUT2D eigenvalue weighted by Gasteiger charge is 2.20. The van der Waals surface area contributed by atoms with Crippen molar-refractivity contribution in [3.8, 4) is 0 Å². The zero-order valence-electron chi connectivity index (χ0n) is 11.0. The van der Waals surface area contributed by atoms with Gasteiger partial charge in [0.1, 0.15) is 0 Å². The number of hydrogen-bond acceptors (Lipinski definition) is 4. The van der Waals surface area contributed by atoms with Crippen LogP contribution in [-0.2, 0) is 19.0 Å². The van der Waals surface area contributed by atoms with Crippen LogP contribution in [0.25, 0.3) is 0 Å². The lowest BCUT2D eigenvalue weighted by Gasteiger charge is -2.16. The predicted molar refractivity (Wildman–Crippen MR) is 69.8 cm³/mol. The monoisotopic (exact) mass is 272 g/mol. The molecule has 0 radical (unpaired) electrons. The van der Waals surface area contributed by atoms with E-state index in [-0.39, 0.29) is 4.90 Å². The Morgan fingerprint density at radius 1 is 1.17 bits per heavy atom. The summed E-state index contributed by atoms with van der Waals surface area (Å²) in [5.41, 5.74) is 1.00. The van der Waals surface area contributed by atoms with Crippen molar-refractivity contribution in [2.45, 2.75) is 44.8 Å². The van der Waals surface area contributed by atoms with Gasteiger partial charge in [-0.15, -0.1) is 0 Å². The molecule has 0 amide bonds. The molecule has 0 saturated carbocycles. The smallest absolute Gasteiger partial charge is 0.299 e. The van der Waals surface area contributed by atoms with Crippen molar-refractivity contribution in [1.29, 1.82) is 0 Å². The van der Waals surface area contributed by atoms with Crippen LogP contribution in [0.2, 0.25) is 0 Å². The third-order valence-electron chi connectivity index (χ3n) is 2.38. The molecule has 0 aromatic heterocycles. The van der Waals surface area contributed by atoms with Crippen molar-refractivity contribution in [3.63, 3.8) is 0 Å². The molecule has 1 aromatic rings. The molecule has 1 aromatic carbocycles. The summed E-state index contributed by atoms with van der Waals surface area (Å²) in [5.74, 6) is 0. The van der Waals surface area contributed by atoms with E-state index in [0.717, 1.165) is 12.0 Å². The minimum absolute atomic E-state index is 0.159. The average Bonchev–Trinajstić information content (AvgIpc) is 2.35. The maximum atomic E-state index is 12.0. The summed E-state index contributed by atoms with van der Waals surface area (Å²) >= 11 is 0. The second-order valence-electron chi connectivity index (χ2n) is 4.07. The number of aryl methyl sites for hydroxylation is 1. The topological polar surface area (TPSA) is 52.6 Å². The van der Waals surface area contributed by atoms with Crippen LogP contribution in [0.5, 0.6) is 0 Å². The van der Waals surface area contributed by atoms with E-state index in [1.54, 1.807) is 12.1 Å². The molecule has 0 aliphatic carbocycles. The van der Waals surface area contributed by atoms with E-state index in [0.29, 0.717) is 13.0 Å². The van der Waals surface area contributed by atoms with E-state index < -0.39 is 16.4 Å². The Balaban J connectivity index is 2.77. The minimum Gasteiger partial charge on any atom is -0.351 e. The first-order valence-corrected chi connectivity index (χ1v) is 7.52. The molecule has 0 aliphatic rings. The molecule has 4 nitrogen and oxygen atoms in total. The molecule has 18 heavy (non-hydrogen) atoms. The first kappa shape index (κ1) is 15.1. The SMILES string of the molecule is CCCOC(CC)OS(=O)(=O)c1ccc(C)cc1.